The Hall–Kier alpha value is -2.63. The van der Waals surface area contributed by atoms with Gasteiger partial charge in [-0.2, -0.15) is 10.0 Å². The molecule has 1 amide bonds. The summed E-state index contributed by atoms with van der Waals surface area (Å²) in [7, 11) is -1.05. The second kappa shape index (κ2) is 11.2. The quantitative estimate of drug-likeness (QED) is 0.414. The van der Waals surface area contributed by atoms with Gasteiger partial charge in [-0.15, -0.1) is 11.3 Å². The van der Waals surface area contributed by atoms with Crippen molar-refractivity contribution in [3.63, 3.8) is 0 Å². The first-order valence-corrected chi connectivity index (χ1v) is 15.5. The van der Waals surface area contributed by atoms with E-state index in [-0.39, 0.29) is 10.7 Å². The number of thiazole rings is 1. The molecule has 190 valence electrons. The van der Waals surface area contributed by atoms with Crippen LogP contribution < -0.4 is 5.32 Å². The van der Waals surface area contributed by atoms with Crippen molar-refractivity contribution in [2.75, 3.05) is 44.1 Å². The van der Waals surface area contributed by atoms with E-state index >= 15 is 0 Å². The fraction of sp³-hybridized carbons (Fsp3) is 0.379. The largest absolute Gasteiger partial charge is 0.379 e. The third kappa shape index (κ3) is 6.77. The van der Waals surface area contributed by atoms with Gasteiger partial charge in [0.25, 0.3) is 5.91 Å². The number of nitrogens with zero attached hydrogens (tertiary/aromatic N) is 2. The van der Waals surface area contributed by atoms with Gasteiger partial charge in [-0.05, 0) is 47.6 Å². The second-order valence-electron chi connectivity index (χ2n) is 10.3. The van der Waals surface area contributed by atoms with Crippen molar-refractivity contribution in [2.24, 2.45) is 0 Å². The lowest BCUT2D eigenvalue weighted by Crippen LogP contribution is -2.35. The fourth-order valence-electron chi connectivity index (χ4n) is 3.51. The number of hydrogen-bond donors (Lipinski definition) is 1. The first kappa shape index (κ1) is 26.4. The lowest BCUT2D eigenvalue weighted by Gasteiger charge is -2.39. The highest BCUT2D eigenvalue weighted by molar-refractivity contribution is 8.37. The molecule has 1 aliphatic rings. The lowest BCUT2D eigenvalue weighted by molar-refractivity contribution is 0.0342. The molecule has 0 spiro atoms. The van der Waals surface area contributed by atoms with Crippen LogP contribution in [0.25, 0.3) is 11.3 Å². The van der Waals surface area contributed by atoms with E-state index in [1.807, 2.05) is 47.8 Å². The van der Waals surface area contributed by atoms with Crippen LogP contribution in [-0.4, -0.2) is 59.4 Å². The van der Waals surface area contributed by atoms with Gasteiger partial charge in [-0.25, -0.2) is 4.98 Å². The minimum atomic E-state index is -1.05. The lowest BCUT2D eigenvalue weighted by atomic mass is 10.1. The van der Waals surface area contributed by atoms with Crippen molar-refractivity contribution >= 4 is 32.4 Å². The Kier molecular flexibility index (Phi) is 8.21. The number of carbonyl (C=O) groups is 1. The molecule has 0 bridgehead atoms. The van der Waals surface area contributed by atoms with Crippen molar-refractivity contribution in [3.8, 4) is 22.4 Å². The van der Waals surface area contributed by atoms with Crippen molar-refractivity contribution in [3.05, 3.63) is 70.6 Å². The van der Waals surface area contributed by atoms with Crippen LogP contribution in [0.15, 0.2) is 53.9 Å². The van der Waals surface area contributed by atoms with Crippen molar-refractivity contribution in [1.82, 2.24) is 9.88 Å². The molecular weight excluding hydrogens is 486 g/mol. The van der Waals surface area contributed by atoms with E-state index < -0.39 is 10.0 Å². The van der Waals surface area contributed by atoms with Crippen LogP contribution in [0.4, 0.5) is 5.13 Å². The summed E-state index contributed by atoms with van der Waals surface area (Å²) in [6, 6.07) is 15.9. The van der Waals surface area contributed by atoms with Crippen LogP contribution in [-0.2, 0) is 11.3 Å². The molecule has 5 nitrogen and oxygen atoms in total. The molecule has 2 heterocycles. The molecule has 1 fully saturated rings. The summed E-state index contributed by atoms with van der Waals surface area (Å²) in [4.78, 5) is 19.8. The maximum Gasteiger partial charge on any atom is 0.257 e. The number of aromatic nitrogens is 1. The standard InChI is InChI=1S/C29H35N3O2S2/c1-29(2,3)36(4,5)18-13-22-7-6-8-25(19-22)26-21-35-28(30-26)31-27(33)24-11-9-23(10-12-24)20-32-14-16-34-17-15-32/h6-12,19,21H,14-17,20H2,1-5H3,(H,30,31,33). The Balaban J connectivity index is 1.40. The average molecular weight is 522 g/mol. The van der Waals surface area contributed by atoms with E-state index in [1.165, 1.54) is 16.9 Å². The van der Waals surface area contributed by atoms with E-state index in [1.54, 1.807) is 0 Å². The highest BCUT2D eigenvalue weighted by Gasteiger charge is 2.25. The smallest absolute Gasteiger partial charge is 0.257 e. The van der Waals surface area contributed by atoms with Crippen LogP contribution in [0.2, 0.25) is 0 Å². The van der Waals surface area contributed by atoms with E-state index in [0.29, 0.717) is 10.7 Å². The molecule has 3 aromatic rings. The molecule has 0 aliphatic carbocycles. The zero-order valence-corrected chi connectivity index (χ0v) is 23.4. The molecule has 2 aromatic carbocycles. The number of carbonyl (C=O) groups excluding carboxylic acids is 1. The van der Waals surface area contributed by atoms with Crippen molar-refractivity contribution < 1.29 is 9.53 Å². The Morgan fingerprint density at radius 1 is 1.14 bits per heavy atom. The van der Waals surface area contributed by atoms with Crippen LogP contribution in [0.3, 0.4) is 0 Å². The Morgan fingerprint density at radius 2 is 1.86 bits per heavy atom. The minimum Gasteiger partial charge on any atom is -0.379 e. The maximum atomic E-state index is 12.8. The molecule has 1 N–H and O–H groups in total. The van der Waals surface area contributed by atoms with Gasteiger partial charge in [0.1, 0.15) is 0 Å². The third-order valence-electron chi connectivity index (χ3n) is 6.59. The van der Waals surface area contributed by atoms with Gasteiger partial charge in [-0.3, -0.25) is 15.0 Å². The molecule has 1 saturated heterocycles. The summed E-state index contributed by atoms with van der Waals surface area (Å²) < 4.78 is 5.58. The van der Waals surface area contributed by atoms with E-state index in [9.17, 15) is 4.79 Å². The van der Waals surface area contributed by atoms with Gasteiger partial charge in [0.15, 0.2) is 5.13 Å². The van der Waals surface area contributed by atoms with E-state index in [4.69, 9.17) is 4.74 Å². The first-order chi connectivity index (χ1) is 17.1. The number of nitrogens with one attached hydrogen (secondary N) is 1. The summed E-state index contributed by atoms with van der Waals surface area (Å²) in [6.07, 6.45) is 4.52. The number of hydrogen-bond acceptors (Lipinski definition) is 5. The van der Waals surface area contributed by atoms with Crippen LogP contribution >= 0.6 is 21.4 Å². The highest BCUT2D eigenvalue weighted by Crippen LogP contribution is 2.51. The van der Waals surface area contributed by atoms with E-state index in [2.05, 4.69) is 65.7 Å². The molecule has 0 saturated carbocycles. The molecule has 1 aromatic heterocycles. The van der Waals surface area contributed by atoms with Crippen LogP contribution in [0, 0.1) is 11.2 Å². The third-order valence-corrected chi connectivity index (χ3v) is 11.0. The topological polar surface area (TPSA) is 54.5 Å². The predicted molar refractivity (Wildman–Crippen MR) is 154 cm³/mol. The monoisotopic (exact) mass is 521 g/mol. The molecular formula is C29H35N3O2S2. The Bertz CT molecular complexity index is 1260. The van der Waals surface area contributed by atoms with Gasteiger partial charge in [0, 0.05) is 46.5 Å². The average Bonchev–Trinajstić information content (AvgIpc) is 3.32. The molecule has 0 unspecified atom stereocenters. The molecule has 36 heavy (non-hydrogen) atoms. The van der Waals surface area contributed by atoms with Gasteiger partial charge in [-0.1, -0.05) is 51.0 Å². The Morgan fingerprint density at radius 3 is 2.56 bits per heavy atom. The summed E-state index contributed by atoms with van der Waals surface area (Å²) in [5, 5.41) is 9.02. The molecule has 7 heteroatoms. The molecule has 4 rings (SSSR count). The number of ether oxygens (including phenoxy) is 1. The summed E-state index contributed by atoms with van der Waals surface area (Å²) in [5.74, 6) is 3.22. The predicted octanol–water partition coefficient (Wildman–Crippen LogP) is 6.07. The number of anilines is 1. The Labute approximate surface area is 220 Å². The SMILES string of the molecule is CC(C)(C)S(C)(C)C#Cc1cccc(-c2csc(NC(=O)c3ccc(CN4CCOCC4)cc3)n2)c1. The number of amides is 1. The van der Waals surface area contributed by atoms with Gasteiger partial charge < -0.3 is 4.74 Å². The number of rotatable bonds is 5. The number of morpholine rings is 1. The van der Waals surface area contributed by atoms with Gasteiger partial charge in [0.05, 0.1) is 18.9 Å². The second-order valence-corrected chi connectivity index (χ2v) is 15.3. The molecule has 1 aliphatic heterocycles. The first-order valence-electron chi connectivity index (χ1n) is 12.1. The van der Waals surface area contributed by atoms with Gasteiger partial charge in [0.2, 0.25) is 0 Å². The van der Waals surface area contributed by atoms with E-state index in [0.717, 1.165) is 49.7 Å². The highest BCUT2D eigenvalue weighted by atomic mass is 32.3. The van der Waals surface area contributed by atoms with Gasteiger partial charge >= 0.3 is 0 Å². The summed E-state index contributed by atoms with van der Waals surface area (Å²) in [5.41, 5.74) is 4.63. The fourth-order valence-corrected chi connectivity index (χ4v) is 4.90. The van der Waals surface area contributed by atoms with Crippen LogP contribution in [0.5, 0.6) is 0 Å². The van der Waals surface area contributed by atoms with Crippen molar-refractivity contribution in [1.29, 1.82) is 0 Å². The maximum absolute atomic E-state index is 12.8. The van der Waals surface area contributed by atoms with Crippen LogP contribution in [0.1, 0.15) is 42.3 Å². The zero-order chi connectivity index (χ0) is 25.8. The minimum absolute atomic E-state index is 0.152. The van der Waals surface area contributed by atoms with Crippen molar-refractivity contribution in [2.45, 2.75) is 32.1 Å². The number of benzene rings is 2. The zero-order valence-electron chi connectivity index (χ0n) is 21.8. The molecule has 0 radical (unpaired) electrons. The summed E-state index contributed by atoms with van der Waals surface area (Å²) in [6.45, 7) is 11.1. The normalized spacial score (nSPS) is 15.1. The summed E-state index contributed by atoms with van der Waals surface area (Å²) >= 11 is 1.43. The molecule has 0 atom stereocenters.